The Kier molecular flexibility index (Phi) is 8.29. The Bertz CT molecular complexity index is 1530. The maximum absolute atomic E-state index is 9.67. The van der Waals surface area contributed by atoms with Gasteiger partial charge in [-0.1, -0.05) is 65.6 Å². The molecule has 0 heterocycles. The molecule has 1 fully saturated rings. The van der Waals surface area contributed by atoms with Gasteiger partial charge in [0.05, 0.1) is 24.3 Å². The number of hydrogen-bond donors (Lipinski definition) is 0. The second kappa shape index (κ2) is 11.6. The van der Waals surface area contributed by atoms with Gasteiger partial charge in [0.15, 0.2) is 10.8 Å². The molecule has 0 N–H and O–H groups in total. The van der Waals surface area contributed by atoms with Gasteiger partial charge in [0.2, 0.25) is 0 Å². The Morgan fingerprint density at radius 2 is 1.27 bits per heavy atom. The van der Waals surface area contributed by atoms with Crippen LogP contribution in [0.1, 0.15) is 16.7 Å². The van der Waals surface area contributed by atoms with Gasteiger partial charge in [0.25, 0.3) is 0 Å². The average molecular weight is 514 g/mol. The van der Waals surface area contributed by atoms with Crippen molar-refractivity contribution >= 4 is 0 Å². The van der Waals surface area contributed by atoms with E-state index in [-0.39, 0.29) is 17.1 Å². The van der Waals surface area contributed by atoms with Crippen molar-refractivity contribution in [3.05, 3.63) is 143 Å². The quantitative estimate of drug-likeness (QED) is 0.229. The van der Waals surface area contributed by atoms with E-state index in [9.17, 15) is 21.0 Å². The predicted octanol–water partition coefficient (Wildman–Crippen LogP) is 5.92. The van der Waals surface area contributed by atoms with Gasteiger partial charge in [-0.15, -0.1) is 47.4 Å². The van der Waals surface area contributed by atoms with Crippen LogP contribution in [0.15, 0.2) is 120 Å². The zero-order valence-corrected chi connectivity index (χ0v) is 20.6. The average Bonchev–Trinajstić information content (AvgIpc) is 3.65. The molecule has 3 aromatic carbocycles. The molecule has 0 bridgehead atoms. The van der Waals surface area contributed by atoms with Gasteiger partial charge in [0, 0.05) is 5.56 Å². The molecule has 5 rings (SSSR count). The van der Waals surface area contributed by atoms with Gasteiger partial charge >= 0.3 is 17.1 Å². The minimum atomic E-state index is -1.80. The summed E-state index contributed by atoms with van der Waals surface area (Å²) in [7, 11) is 0. The van der Waals surface area contributed by atoms with Crippen molar-refractivity contribution in [1.29, 1.82) is 21.0 Å². The molecule has 174 valence electrons. The largest absolute Gasteiger partial charge is 2.00 e. The van der Waals surface area contributed by atoms with Gasteiger partial charge in [-0.25, -0.2) is 0 Å². The van der Waals surface area contributed by atoms with Gasteiger partial charge in [-0.05, 0) is 12.1 Å². The fourth-order valence-corrected chi connectivity index (χ4v) is 4.29. The predicted molar refractivity (Wildman–Crippen MR) is 136 cm³/mol. The van der Waals surface area contributed by atoms with Crippen molar-refractivity contribution in [2.45, 2.75) is 0 Å². The third kappa shape index (κ3) is 4.61. The molecule has 0 unspecified atom stereocenters. The molecule has 5 heteroatoms. The Morgan fingerprint density at radius 1 is 0.676 bits per heavy atom. The first-order chi connectivity index (χ1) is 17.7. The Labute approximate surface area is 227 Å². The van der Waals surface area contributed by atoms with Gasteiger partial charge < -0.3 is 0 Å². The molecule has 0 radical (unpaired) electrons. The van der Waals surface area contributed by atoms with Crippen molar-refractivity contribution in [2.24, 2.45) is 10.8 Å². The number of benzene rings is 2. The summed E-state index contributed by atoms with van der Waals surface area (Å²) in [6.07, 6.45) is 7.15. The van der Waals surface area contributed by atoms with Crippen LogP contribution < -0.4 is 0 Å². The first kappa shape index (κ1) is 26.5. The van der Waals surface area contributed by atoms with Crippen LogP contribution in [0, 0.1) is 73.9 Å². The molecule has 0 atom stereocenters. The van der Waals surface area contributed by atoms with Crippen LogP contribution in [0.25, 0.3) is 0 Å². The summed E-state index contributed by atoms with van der Waals surface area (Å²) in [6.45, 7) is 0. The maximum Gasteiger partial charge on any atom is 2.00 e. The second-order valence-corrected chi connectivity index (χ2v) is 8.03. The smallest absolute Gasteiger partial charge is 0.197 e. The molecule has 1 saturated carbocycles. The summed E-state index contributed by atoms with van der Waals surface area (Å²) in [5, 5.41) is 38.7. The monoisotopic (exact) mass is 514 g/mol. The standard InChI is InChI=1S/C19H9N4.C13H9.Fe/c20-10-18(11-21)16(14-6-2-1-3-7-14)17(15-8-4-5-9-15)19(18,12-22)13-23;1-2-6-12(7-3-1)10-11-13-8-4-5-9-13;/h1-9H;1-9H;/q2*-1;+2. The maximum atomic E-state index is 9.67. The minimum Gasteiger partial charge on any atom is -0.197 e. The Hall–Kier alpha value is -5.08. The van der Waals surface area contributed by atoms with E-state index in [2.05, 4.69) is 11.8 Å². The summed E-state index contributed by atoms with van der Waals surface area (Å²) in [5.74, 6) is 6.63. The van der Waals surface area contributed by atoms with Gasteiger partial charge in [-0.3, -0.25) is 0 Å². The fraction of sp³-hybridized carbons (Fsp3) is 0.0625. The van der Waals surface area contributed by atoms with Crippen molar-refractivity contribution in [2.75, 3.05) is 0 Å². The third-order valence-electron chi connectivity index (χ3n) is 6.03. The molecule has 37 heavy (non-hydrogen) atoms. The molecule has 0 aromatic heterocycles. The summed E-state index contributed by atoms with van der Waals surface area (Å²) in [5.41, 5.74) is 0.343. The topological polar surface area (TPSA) is 95.2 Å². The number of hydrogen-bond acceptors (Lipinski definition) is 4. The number of allylic oxidation sites excluding steroid dienone is 6. The van der Waals surface area contributed by atoms with E-state index in [1.165, 1.54) is 0 Å². The van der Waals surface area contributed by atoms with E-state index in [0.29, 0.717) is 22.6 Å². The molecule has 4 nitrogen and oxygen atoms in total. The molecule has 0 spiro atoms. The van der Waals surface area contributed by atoms with Gasteiger partial charge in [-0.2, -0.15) is 45.2 Å². The molecule has 0 amide bonds. The van der Waals surface area contributed by atoms with E-state index >= 15 is 0 Å². The molecule has 3 aromatic rings. The zero-order chi connectivity index (χ0) is 25.4. The van der Waals surface area contributed by atoms with Crippen molar-refractivity contribution in [1.82, 2.24) is 0 Å². The van der Waals surface area contributed by atoms with Gasteiger partial charge in [0.1, 0.15) is 0 Å². The molecular formula is C32H18FeN4. The second-order valence-electron chi connectivity index (χ2n) is 8.03. The minimum absolute atomic E-state index is 0. The van der Waals surface area contributed by atoms with Crippen LogP contribution in [0.2, 0.25) is 0 Å². The molecular weight excluding hydrogens is 496 g/mol. The van der Waals surface area contributed by atoms with E-state index < -0.39 is 10.8 Å². The summed E-state index contributed by atoms with van der Waals surface area (Å²) in [4.78, 5) is 0. The van der Waals surface area contributed by atoms with Crippen LogP contribution in [-0.2, 0) is 17.1 Å². The van der Waals surface area contributed by atoms with Crippen molar-refractivity contribution in [3.8, 4) is 36.1 Å². The molecule has 0 saturated heterocycles. The van der Waals surface area contributed by atoms with Crippen molar-refractivity contribution < 1.29 is 17.1 Å². The normalized spacial score (nSPS) is 15.1. The van der Waals surface area contributed by atoms with Crippen LogP contribution >= 0.6 is 0 Å². The third-order valence-corrected chi connectivity index (χ3v) is 6.03. The van der Waals surface area contributed by atoms with E-state index in [4.69, 9.17) is 0 Å². The first-order valence-electron chi connectivity index (χ1n) is 11.1. The zero-order valence-electron chi connectivity index (χ0n) is 19.5. The summed E-state index contributed by atoms with van der Waals surface area (Å²) in [6, 6.07) is 34.7. The number of nitrogens with zero attached hydrogens (tertiary/aromatic N) is 4. The van der Waals surface area contributed by atoms with E-state index in [1.54, 1.807) is 48.6 Å². The summed E-state index contributed by atoms with van der Waals surface area (Å²) >= 11 is 0. The Balaban J connectivity index is 0.000000231. The fourth-order valence-electron chi connectivity index (χ4n) is 4.29. The molecule has 2 aliphatic carbocycles. The van der Waals surface area contributed by atoms with E-state index in [0.717, 1.165) is 11.1 Å². The SMILES string of the molecule is C(#Cc1ccc[cH-]1)c1ccccc1.N#CC1(C#N)C(=C2C=CC=C2)[C-](c2ccccc2)C1(C#N)C#N.[Fe+2]. The van der Waals surface area contributed by atoms with Crippen LogP contribution in [0.4, 0.5) is 0 Å². The van der Waals surface area contributed by atoms with E-state index in [1.807, 2.05) is 84.9 Å². The first-order valence-corrected chi connectivity index (χ1v) is 11.1. The summed E-state index contributed by atoms with van der Waals surface area (Å²) < 4.78 is 0. The van der Waals surface area contributed by atoms with Crippen molar-refractivity contribution in [3.63, 3.8) is 0 Å². The molecule has 0 aliphatic heterocycles. The molecule has 2 aliphatic rings. The van der Waals surface area contributed by atoms with Crippen LogP contribution in [0.3, 0.4) is 0 Å². The van der Waals surface area contributed by atoms with Crippen LogP contribution in [-0.4, -0.2) is 0 Å². The number of nitriles is 4. The van der Waals surface area contributed by atoms with Crippen LogP contribution in [0.5, 0.6) is 0 Å². The Morgan fingerprint density at radius 3 is 1.78 bits per heavy atom. The number of rotatable bonds is 1.